The highest BCUT2D eigenvalue weighted by atomic mass is 16.4. The first kappa shape index (κ1) is 17.1. The quantitative estimate of drug-likeness (QED) is 0.510. The number of hydrogen-bond donors (Lipinski definition) is 4. The van der Waals surface area contributed by atoms with Crippen molar-refractivity contribution in [3.63, 3.8) is 0 Å². The highest BCUT2D eigenvalue weighted by Crippen LogP contribution is 2.10. The minimum Gasteiger partial charge on any atom is -0.480 e. The van der Waals surface area contributed by atoms with Gasteiger partial charge < -0.3 is 21.1 Å². The van der Waals surface area contributed by atoms with E-state index in [1.54, 1.807) is 6.07 Å². The number of benzene rings is 1. The molecule has 0 saturated carbocycles. The summed E-state index contributed by atoms with van der Waals surface area (Å²) in [4.78, 5) is 23.0. The van der Waals surface area contributed by atoms with Gasteiger partial charge >= 0.3 is 5.97 Å². The molecule has 0 fully saturated rings. The highest BCUT2D eigenvalue weighted by molar-refractivity contribution is 5.94. The van der Waals surface area contributed by atoms with E-state index in [1.165, 1.54) is 0 Å². The van der Waals surface area contributed by atoms with Crippen molar-refractivity contribution < 1.29 is 14.7 Å². The molecule has 0 spiro atoms. The van der Waals surface area contributed by atoms with Gasteiger partial charge in [-0.1, -0.05) is 12.1 Å². The van der Waals surface area contributed by atoms with Gasteiger partial charge in [-0.05, 0) is 51.2 Å². The second-order valence-corrected chi connectivity index (χ2v) is 4.92. The molecule has 1 rings (SSSR count). The average Bonchev–Trinajstić information content (AvgIpc) is 2.42. The summed E-state index contributed by atoms with van der Waals surface area (Å²) < 4.78 is 0. The predicted octanol–water partition coefficient (Wildman–Crippen LogP) is 0.976. The lowest BCUT2D eigenvalue weighted by Gasteiger charge is -2.14. The molecule has 0 heterocycles. The first-order chi connectivity index (χ1) is 10.0. The second kappa shape index (κ2) is 9.10. The Morgan fingerprint density at radius 2 is 2.05 bits per heavy atom. The summed E-state index contributed by atoms with van der Waals surface area (Å²) in [6, 6.07) is 6.52. The molecule has 0 aliphatic carbocycles. The van der Waals surface area contributed by atoms with Gasteiger partial charge in [0.05, 0.1) is 6.42 Å². The van der Waals surface area contributed by atoms with Crippen LogP contribution in [0.1, 0.15) is 18.4 Å². The zero-order chi connectivity index (χ0) is 15.7. The normalized spacial score (nSPS) is 11.9. The van der Waals surface area contributed by atoms with E-state index >= 15 is 0 Å². The van der Waals surface area contributed by atoms with Gasteiger partial charge in [0.1, 0.15) is 6.04 Å². The fraction of sp³-hybridized carbons (Fsp3) is 0.467. The number of rotatable bonds is 9. The van der Waals surface area contributed by atoms with Crippen LogP contribution in [0.2, 0.25) is 0 Å². The molecular weight excluding hydrogens is 270 g/mol. The molecule has 116 valence electrons. The van der Waals surface area contributed by atoms with Crippen LogP contribution in [0.3, 0.4) is 0 Å². The molecular formula is C15H23N3O3. The molecule has 1 aromatic carbocycles. The Morgan fingerprint density at radius 1 is 1.29 bits per heavy atom. The summed E-state index contributed by atoms with van der Waals surface area (Å²) in [5, 5.41) is 17.7. The zero-order valence-corrected chi connectivity index (χ0v) is 12.5. The molecule has 4 N–H and O–H groups in total. The minimum atomic E-state index is -1.01. The number of carboxylic acid groups (broad SMARTS) is 1. The third-order valence-corrected chi connectivity index (χ3v) is 2.98. The SMILES string of the molecule is CNCCCN[C@H](CC(=O)Nc1cccc(C)c1)C(=O)O. The van der Waals surface area contributed by atoms with Gasteiger partial charge in [0.2, 0.25) is 5.91 Å². The summed E-state index contributed by atoms with van der Waals surface area (Å²) in [5.74, 6) is -1.33. The van der Waals surface area contributed by atoms with Gasteiger partial charge in [0.25, 0.3) is 0 Å². The number of carbonyl (C=O) groups is 2. The van der Waals surface area contributed by atoms with Crippen molar-refractivity contribution in [3.05, 3.63) is 29.8 Å². The summed E-state index contributed by atoms with van der Waals surface area (Å²) >= 11 is 0. The van der Waals surface area contributed by atoms with Crippen LogP contribution in [0.5, 0.6) is 0 Å². The van der Waals surface area contributed by atoms with Gasteiger partial charge in [-0.3, -0.25) is 9.59 Å². The third-order valence-electron chi connectivity index (χ3n) is 2.98. The van der Waals surface area contributed by atoms with E-state index in [2.05, 4.69) is 16.0 Å². The molecule has 21 heavy (non-hydrogen) atoms. The summed E-state index contributed by atoms with van der Waals surface area (Å²) in [5.41, 5.74) is 1.71. The van der Waals surface area contributed by atoms with Crippen LogP contribution >= 0.6 is 0 Å². The standard InChI is InChI=1S/C15H23N3O3/c1-11-5-3-6-12(9-11)18-14(19)10-13(15(20)21)17-8-4-7-16-2/h3,5-6,9,13,16-17H,4,7-8,10H2,1-2H3,(H,18,19)(H,20,21)/t13-/m1/s1. The fourth-order valence-corrected chi connectivity index (χ4v) is 1.91. The molecule has 1 atom stereocenters. The second-order valence-electron chi connectivity index (χ2n) is 4.92. The first-order valence-corrected chi connectivity index (χ1v) is 7.00. The Balaban J connectivity index is 2.46. The zero-order valence-electron chi connectivity index (χ0n) is 12.5. The number of aliphatic carboxylic acids is 1. The fourth-order valence-electron chi connectivity index (χ4n) is 1.91. The van der Waals surface area contributed by atoms with Crippen LogP contribution in [0.25, 0.3) is 0 Å². The maximum atomic E-state index is 11.9. The molecule has 0 aliphatic heterocycles. The van der Waals surface area contributed by atoms with Gasteiger partial charge in [-0.25, -0.2) is 0 Å². The van der Waals surface area contributed by atoms with Crippen molar-refractivity contribution in [1.29, 1.82) is 0 Å². The third kappa shape index (κ3) is 6.87. The Kier molecular flexibility index (Phi) is 7.42. The molecule has 1 amide bonds. The van der Waals surface area contributed by atoms with Gasteiger partial charge in [0, 0.05) is 5.69 Å². The highest BCUT2D eigenvalue weighted by Gasteiger charge is 2.20. The number of hydrogen-bond acceptors (Lipinski definition) is 4. The van der Waals surface area contributed by atoms with Crippen molar-refractivity contribution >= 4 is 17.6 Å². The van der Waals surface area contributed by atoms with Crippen LogP contribution in [0, 0.1) is 6.92 Å². The molecule has 6 heteroatoms. The predicted molar refractivity (Wildman–Crippen MR) is 82.4 cm³/mol. The van der Waals surface area contributed by atoms with E-state index in [4.69, 9.17) is 5.11 Å². The average molecular weight is 293 g/mol. The number of carbonyl (C=O) groups excluding carboxylic acids is 1. The van der Waals surface area contributed by atoms with Crippen LogP contribution < -0.4 is 16.0 Å². The lowest BCUT2D eigenvalue weighted by molar-refractivity contribution is -0.141. The maximum absolute atomic E-state index is 11.9. The van der Waals surface area contributed by atoms with Gasteiger partial charge in [0.15, 0.2) is 0 Å². The van der Waals surface area contributed by atoms with E-state index in [0.717, 1.165) is 18.5 Å². The van der Waals surface area contributed by atoms with E-state index < -0.39 is 12.0 Å². The lowest BCUT2D eigenvalue weighted by atomic mass is 10.1. The minimum absolute atomic E-state index is 0.0944. The number of aryl methyl sites for hydroxylation is 1. The van der Waals surface area contributed by atoms with Crippen LogP contribution in [0.4, 0.5) is 5.69 Å². The Bertz CT molecular complexity index is 477. The van der Waals surface area contributed by atoms with Crippen molar-refractivity contribution in [2.75, 3.05) is 25.5 Å². The van der Waals surface area contributed by atoms with Crippen molar-refractivity contribution in [2.24, 2.45) is 0 Å². The topological polar surface area (TPSA) is 90.5 Å². The number of nitrogens with one attached hydrogen (secondary N) is 3. The maximum Gasteiger partial charge on any atom is 0.321 e. The van der Waals surface area contributed by atoms with E-state index in [-0.39, 0.29) is 12.3 Å². The van der Waals surface area contributed by atoms with Crippen LogP contribution in [0.15, 0.2) is 24.3 Å². The van der Waals surface area contributed by atoms with Crippen LogP contribution in [-0.4, -0.2) is 43.2 Å². The van der Waals surface area contributed by atoms with Crippen molar-refractivity contribution in [1.82, 2.24) is 10.6 Å². The lowest BCUT2D eigenvalue weighted by Crippen LogP contribution is -2.40. The van der Waals surface area contributed by atoms with Gasteiger partial charge in [-0.2, -0.15) is 0 Å². The number of amides is 1. The monoisotopic (exact) mass is 293 g/mol. The molecule has 0 aliphatic rings. The molecule has 0 aromatic heterocycles. The number of carboxylic acids is 1. The van der Waals surface area contributed by atoms with E-state index in [1.807, 2.05) is 32.2 Å². The largest absolute Gasteiger partial charge is 0.480 e. The molecule has 0 radical (unpaired) electrons. The Hall–Kier alpha value is -1.92. The van der Waals surface area contributed by atoms with Gasteiger partial charge in [-0.15, -0.1) is 0 Å². The van der Waals surface area contributed by atoms with E-state index in [0.29, 0.717) is 12.2 Å². The Morgan fingerprint density at radius 3 is 2.67 bits per heavy atom. The molecule has 0 bridgehead atoms. The summed E-state index contributed by atoms with van der Waals surface area (Å²) in [6.07, 6.45) is 0.711. The smallest absolute Gasteiger partial charge is 0.321 e. The first-order valence-electron chi connectivity index (χ1n) is 7.00. The molecule has 0 saturated heterocycles. The van der Waals surface area contributed by atoms with Crippen molar-refractivity contribution in [2.45, 2.75) is 25.8 Å². The van der Waals surface area contributed by atoms with E-state index in [9.17, 15) is 9.59 Å². The Labute approximate surface area is 124 Å². The molecule has 6 nitrogen and oxygen atoms in total. The summed E-state index contributed by atoms with van der Waals surface area (Å²) in [6.45, 7) is 3.28. The van der Waals surface area contributed by atoms with Crippen LogP contribution in [-0.2, 0) is 9.59 Å². The van der Waals surface area contributed by atoms with Crippen molar-refractivity contribution in [3.8, 4) is 0 Å². The number of anilines is 1. The molecule has 0 unspecified atom stereocenters. The summed E-state index contributed by atoms with van der Waals surface area (Å²) in [7, 11) is 1.84. The molecule has 1 aromatic rings.